The quantitative estimate of drug-likeness (QED) is 0.567. The highest BCUT2D eigenvalue weighted by Crippen LogP contribution is 2.35. The van der Waals surface area contributed by atoms with Gasteiger partial charge in [-0.15, -0.1) is 0 Å². The summed E-state index contributed by atoms with van der Waals surface area (Å²) >= 11 is 6.03. The van der Waals surface area contributed by atoms with Crippen molar-refractivity contribution in [2.24, 2.45) is 10.3 Å². The first-order valence-corrected chi connectivity index (χ1v) is 10.7. The van der Waals surface area contributed by atoms with Crippen LogP contribution in [0.3, 0.4) is 0 Å². The van der Waals surface area contributed by atoms with Gasteiger partial charge < -0.3 is 4.52 Å². The van der Waals surface area contributed by atoms with Gasteiger partial charge in [0.2, 0.25) is 11.7 Å². The van der Waals surface area contributed by atoms with Gasteiger partial charge in [-0.25, -0.2) is 4.90 Å². The number of anilines is 1. The molecule has 160 valence electrons. The molecule has 2 aromatic carbocycles. The summed E-state index contributed by atoms with van der Waals surface area (Å²) in [5, 5.41) is 14.1. The van der Waals surface area contributed by atoms with Gasteiger partial charge in [0.15, 0.2) is 12.1 Å². The van der Waals surface area contributed by atoms with Crippen molar-refractivity contribution in [1.29, 1.82) is 0 Å². The minimum atomic E-state index is -0.869. The van der Waals surface area contributed by atoms with Crippen molar-refractivity contribution >= 4 is 29.1 Å². The highest BCUT2D eigenvalue weighted by molar-refractivity contribution is 6.30. The number of hydrogen-bond acceptors (Lipinski definition) is 8. The molecule has 3 aliphatic rings. The normalized spacial score (nSPS) is 21.5. The van der Waals surface area contributed by atoms with E-state index in [2.05, 4.69) is 20.5 Å². The summed E-state index contributed by atoms with van der Waals surface area (Å²) in [6.45, 7) is 0.0648. The molecular formula is C22H17ClN6O3. The van der Waals surface area contributed by atoms with Crippen LogP contribution in [-0.4, -0.2) is 39.0 Å². The maximum Gasteiger partial charge on any atom is 0.263 e. The van der Waals surface area contributed by atoms with E-state index in [0.29, 0.717) is 22.1 Å². The standard InChI is InChI=1S/C22H17ClN6O3/c23-15-6-2-5-14(9-15)20-24-17(32-26-20)11-28-19-18(25-27-28)21(30)29(22(19)31)16-8-7-12-3-1-4-13(12)10-16/h2,5-10,18-19H,1,3-4,11H2/t18-,19+/m1/s1. The van der Waals surface area contributed by atoms with Gasteiger partial charge >= 0.3 is 0 Å². The van der Waals surface area contributed by atoms with Crippen molar-refractivity contribution in [3.8, 4) is 11.4 Å². The number of benzene rings is 2. The van der Waals surface area contributed by atoms with Gasteiger partial charge in [-0.3, -0.25) is 14.6 Å². The number of amides is 2. The van der Waals surface area contributed by atoms with E-state index in [1.807, 2.05) is 24.3 Å². The molecule has 2 aliphatic heterocycles. The molecule has 0 radical (unpaired) electrons. The number of halogens is 1. The van der Waals surface area contributed by atoms with Crippen LogP contribution >= 0.6 is 11.6 Å². The van der Waals surface area contributed by atoms with Crippen molar-refractivity contribution in [2.75, 3.05) is 4.90 Å². The molecule has 1 saturated heterocycles. The Morgan fingerprint density at radius 3 is 2.81 bits per heavy atom. The van der Waals surface area contributed by atoms with E-state index in [-0.39, 0.29) is 24.2 Å². The Balaban J connectivity index is 1.23. The third-order valence-electron chi connectivity index (χ3n) is 6.05. The minimum Gasteiger partial charge on any atom is -0.337 e. The second kappa shape index (κ2) is 7.23. The zero-order valence-electron chi connectivity index (χ0n) is 16.8. The maximum absolute atomic E-state index is 13.2. The molecule has 6 rings (SSSR count). The van der Waals surface area contributed by atoms with Gasteiger partial charge in [0.25, 0.3) is 11.8 Å². The molecule has 1 aromatic heterocycles. The van der Waals surface area contributed by atoms with Crippen LogP contribution in [0.15, 0.2) is 57.3 Å². The molecule has 0 unspecified atom stereocenters. The monoisotopic (exact) mass is 448 g/mol. The number of fused-ring (bicyclic) bond motifs is 2. The van der Waals surface area contributed by atoms with Crippen LogP contribution in [0.4, 0.5) is 5.69 Å². The van der Waals surface area contributed by atoms with E-state index in [1.165, 1.54) is 21.0 Å². The topological polar surface area (TPSA) is 104 Å². The van der Waals surface area contributed by atoms with Gasteiger partial charge in [0, 0.05) is 10.6 Å². The summed E-state index contributed by atoms with van der Waals surface area (Å²) in [5.41, 5.74) is 3.77. The number of nitrogens with zero attached hydrogens (tertiary/aromatic N) is 6. The van der Waals surface area contributed by atoms with Gasteiger partial charge in [0.05, 0.1) is 5.69 Å². The Bertz CT molecular complexity index is 1290. The van der Waals surface area contributed by atoms with E-state index in [9.17, 15) is 9.59 Å². The molecule has 10 heteroatoms. The maximum atomic E-state index is 13.2. The lowest BCUT2D eigenvalue weighted by molar-refractivity contribution is -0.123. The van der Waals surface area contributed by atoms with Crippen LogP contribution in [0.1, 0.15) is 23.4 Å². The zero-order chi connectivity index (χ0) is 21.8. The van der Waals surface area contributed by atoms with Crippen LogP contribution < -0.4 is 4.90 Å². The summed E-state index contributed by atoms with van der Waals surface area (Å²) in [7, 11) is 0. The smallest absolute Gasteiger partial charge is 0.263 e. The first kappa shape index (κ1) is 19.1. The Kier molecular flexibility index (Phi) is 4.32. The fraction of sp³-hybridized carbons (Fsp3) is 0.273. The fourth-order valence-corrected chi connectivity index (χ4v) is 4.70. The number of aryl methyl sites for hydroxylation is 2. The zero-order valence-corrected chi connectivity index (χ0v) is 17.6. The molecule has 1 aliphatic carbocycles. The number of aromatic nitrogens is 2. The van der Waals surface area contributed by atoms with Gasteiger partial charge in [-0.1, -0.05) is 40.2 Å². The van der Waals surface area contributed by atoms with Crippen molar-refractivity contribution in [3.05, 3.63) is 64.5 Å². The Hall–Kier alpha value is -3.59. The van der Waals surface area contributed by atoms with Gasteiger partial charge in [-0.2, -0.15) is 10.1 Å². The number of carbonyl (C=O) groups excluding carboxylic acids is 2. The van der Waals surface area contributed by atoms with Crippen LogP contribution in [0, 0.1) is 0 Å². The molecule has 1 fully saturated rings. The van der Waals surface area contributed by atoms with Crippen LogP contribution in [-0.2, 0) is 29.0 Å². The second-order valence-corrected chi connectivity index (χ2v) is 8.47. The molecule has 0 saturated carbocycles. The highest BCUT2D eigenvalue weighted by atomic mass is 35.5. The largest absolute Gasteiger partial charge is 0.337 e. The Labute approximate surface area is 187 Å². The molecule has 3 aromatic rings. The molecule has 0 bridgehead atoms. The average Bonchev–Trinajstić information content (AvgIpc) is 3.56. The summed E-state index contributed by atoms with van der Waals surface area (Å²) < 4.78 is 5.34. The summed E-state index contributed by atoms with van der Waals surface area (Å²) in [6, 6.07) is 11.2. The van der Waals surface area contributed by atoms with Crippen molar-refractivity contribution in [3.63, 3.8) is 0 Å². The third kappa shape index (κ3) is 3.00. The van der Waals surface area contributed by atoms with E-state index in [1.54, 1.807) is 18.2 Å². The Morgan fingerprint density at radius 1 is 1.06 bits per heavy atom. The molecule has 9 nitrogen and oxygen atoms in total. The van der Waals surface area contributed by atoms with Gasteiger partial charge in [-0.05, 0) is 54.7 Å². The second-order valence-electron chi connectivity index (χ2n) is 8.03. The van der Waals surface area contributed by atoms with Crippen LogP contribution in [0.5, 0.6) is 0 Å². The number of carbonyl (C=O) groups is 2. The van der Waals surface area contributed by atoms with E-state index in [0.717, 1.165) is 19.3 Å². The summed E-state index contributed by atoms with van der Waals surface area (Å²) in [5.74, 6) is -0.0774. The van der Waals surface area contributed by atoms with Crippen molar-refractivity contribution in [2.45, 2.75) is 37.9 Å². The lowest BCUT2D eigenvalue weighted by Gasteiger charge is -2.19. The lowest BCUT2D eigenvalue weighted by atomic mass is 10.1. The summed E-state index contributed by atoms with van der Waals surface area (Å²) in [6.07, 6.45) is 3.09. The molecule has 0 spiro atoms. The molecule has 3 heterocycles. The molecule has 2 atom stereocenters. The first-order valence-electron chi connectivity index (χ1n) is 10.3. The first-order chi connectivity index (χ1) is 15.6. The van der Waals surface area contributed by atoms with E-state index >= 15 is 0 Å². The predicted octanol–water partition coefficient (Wildman–Crippen LogP) is 3.37. The summed E-state index contributed by atoms with van der Waals surface area (Å²) in [4.78, 5) is 31.8. The SMILES string of the molecule is O=C1[C@@H]2[C@@H](N=NN2Cc2nc(-c3cccc(Cl)c3)no2)C(=O)N1c1ccc2c(c1)CCC2. The number of hydrogen-bond donors (Lipinski definition) is 0. The fourth-order valence-electron chi connectivity index (χ4n) is 4.51. The molecule has 0 N–H and O–H groups in total. The highest BCUT2D eigenvalue weighted by Gasteiger charge is 2.55. The number of imide groups is 1. The van der Waals surface area contributed by atoms with Crippen LogP contribution in [0.2, 0.25) is 5.02 Å². The minimum absolute atomic E-state index is 0.0648. The van der Waals surface area contributed by atoms with Gasteiger partial charge in [0.1, 0.15) is 6.54 Å². The number of rotatable bonds is 4. The van der Waals surface area contributed by atoms with E-state index in [4.69, 9.17) is 16.1 Å². The molecular weight excluding hydrogens is 432 g/mol. The average molecular weight is 449 g/mol. The van der Waals surface area contributed by atoms with Crippen molar-refractivity contribution in [1.82, 2.24) is 15.1 Å². The Morgan fingerprint density at radius 2 is 1.94 bits per heavy atom. The molecule has 32 heavy (non-hydrogen) atoms. The lowest BCUT2D eigenvalue weighted by Crippen LogP contribution is -2.39. The van der Waals surface area contributed by atoms with Crippen LogP contribution in [0.25, 0.3) is 11.4 Å². The third-order valence-corrected chi connectivity index (χ3v) is 6.28. The predicted molar refractivity (Wildman–Crippen MR) is 114 cm³/mol. The van der Waals surface area contributed by atoms with Crippen molar-refractivity contribution < 1.29 is 14.1 Å². The molecule has 2 amide bonds. The van der Waals surface area contributed by atoms with E-state index < -0.39 is 12.1 Å².